The van der Waals surface area contributed by atoms with Gasteiger partial charge in [-0.1, -0.05) is 42.5 Å². The molecule has 1 fully saturated rings. The predicted octanol–water partition coefficient (Wildman–Crippen LogP) is 3.89. The number of thioether (sulfide) groups is 1. The van der Waals surface area contributed by atoms with Gasteiger partial charge < -0.3 is 14.8 Å². The molecule has 1 N–H and O–H groups in total. The first-order chi connectivity index (χ1) is 13.1. The summed E-state index contributed by atoms with van der Waals surface area (Å²) >= 11 is 0.791. The third-order valence-electron chi connectivity index (χ3n) is 4.42. The molecule has 1 amide bonds. The second-order valence-corrected chi connectivity index (χ2v) is 7.37. The van der Waals surface area contributed by atoms with E-state index in [1.54, 1.807) is 7.05 Å². The lowest BCUT2D eigenvalue weighted by Gasteiger charge is -2.18. The van der Waals surface area contributed by atoms with E-state index < -0.39 is 6.04 Å². The van der Waals surface area contributed by atoms with E-state index in [4.69, 9.17) is 0 Å². The molecule has 1 aromatic heterocycles. The molecule has 0 radical (unpaired) electrons. The second kappa shape index (κ2) is 8.41. The van der Waals surface area contributed by atoms with Crippen molar-refractivity contribution in [3.8, 4) is 0 Å². The average molecular weight is 382 g/mol. The number of nitrogens with one attached hydrogen (secondary N) is 1. The summed E-state index contributed by atoms with van der Waals surface area (Å²) in [6.07, 6.45) is 2.04. The van der Waals surface area contributed by atoms with E-state index in [1.165, 1.54) is 10.5 Å². The smallest absolute Gasteiger partial charge is 0.289 e. The van der Waals surface area contributed by atoms with E-state index in [-0.39, 0.29) is 10.4 Å². The maximum atomic E-state index is 12.2. The van der Waals surface area contributed by atoms with Crippen LogP contribution in [0.25, 0.3) is 10.9 Å². The standard InChI is InChI=1S/C19H16N2O2S.C2H7N/c1-20-17(18(22)24-19(20)23)15-8-5-9-16-14(15)10-11-21(16)12-13-6-3-2-4-7-13;1-3-2/h2-11,17H,12H2,1H3;3H,1-2H3. The average Bonchev–Trinajstić information content (AvgIpc) is 3.17. The van der Waals surface area contributed by atoms with Gasteiger partial charge in [-0.25, -0.2) is 0 Å². The Morgan fingerprint density at radius 2 is 1.70 bits per heavy atom. The highest BCUT2D eigenvalue weighted by Gasteiger charge is 2.39. The summed E-state index contributed by atoms with van der Waals surface area (Å²) in [6.45, 7) is 0.774. The van der Waals surface area contributed by atoms with E-state index in [9.17, 15) is 9.59 Å². The molecule has 1 aliphatic rings. The molecule has 27 heavy (non-hydrogen) atoms. The van der Waals surface area contributed by atoms with Crippen molar-refractivity contribution in [3.63, 3.8) is 0 Å². The number of rotatable bonds is 3. The van der Waals surface area contributed by atoms with Gasteiger partial charge in [0.2, 0.25) is 5.12 Å². The summed E-state index contributed by atoms with van der Waals surface area (Å²) in [5.41, 5.74) is 3.19. The largest absolute Gasteiger partial charge is 0.343 e. The Morgan fingerprint density at radius 3 is 2.33 bits per heavy atom. The van der Waals surface area contributed by atoms with Crippen molar-refractivity contribution >= 4 is 33.0 Å². The Labute approximate surface area is 163 Å². The summed E-state index contributed by atoms with van der Waals surface area (Å²) in [5.74, 6) is 0. The zero-order chi connectivity index (χ0) is 19.4. The van der Waals surface area contributed by atoms with Crippen LogP contribution in [0, 0.1) is 0 Å². The third-order valence-corrected chi connectivity index (χ3v) is 5.31. The number of hydrogen-bond acceptors (Lipinski definition) is 4. The van der Waals surface area contributed by atoms with Gasteiger partial charge in [0.25, 0.3) is 5.24 Å². The van der Waals surface area contributed by atoms with Crippen molar-refractivity contribution < 1.29 is 9.59 Å². The van der Waals surface area contributed by atoms with Crippen LogP contribution in [0.3, 0.4) is 0 Å². The number of carbonyl (C=O) groups is 2. The van der Waals surface area contributed by atoms with Gasteiger partial charge in [0, 0.05) is 42.5 Å². The first-order valence-corrected chi connectivity index (χ1v) is 9.57. The minimum atomic E-state index is -0.501. The Bertz CT molecular complexity index is 952. The lowest BCUT2D eigenvalue weighted by molar-refractivity contribution is -0.113. The normalized spacial score (nSPS) is 16.6. The Kier molecular flexibility index (Phi) is 5.98. The lowest BCUT2D eigenvalue weighted by atomic mass is 10.0. The second-order valence-electron chi connectivity index (χ2n) is 6.41. The molecule has 1 saturated heterocycles. The van der Waals surface area contributed by atoms with Gasteiger partial charge in [0.05, 0.1) is 0 Å². The number of nitrogens with zero attached hydrogens (tertiary/aromatic N) is 2. The molecule has 0 spiro atoms. The van der Waals surface area contributed by atoms with Crippen LogP contribution in [0.2, 0.25) is 0 Å². The van der Waals surface area contributed by atoms with E-state index in [1.807, 2.05) is 56.7 Å². The Morgan fingerprint density at radius 1 is 1.00 bits per heavy atom. The molecule has 3 aromatic rings. The zero-order valence-electron chi connectivity index (χ0n) is 15.7. The van der Waals surface area contributed by atoms with Crippen LogP contribution in [0.5, 0.6) is 0 Å². The molecular weight excluding hydrogens is 358 g/mol. The van der Waals surface area contributed by atoms with E-state index in [0.717, 1.165) is 34.8 Å². The van der Waals surface area contributed by atoms with Gasteiger partial charge in [-0.3, -0.25) is 9.59 Å². The quantitative estimate of drug-likeness (QED) is 0.748. The molecule has 0 aliphatic carbocycles. The van der Waals surface area contributed by atoms with Crippen molar-refractivity contribution in [2.24, 2.45) is 0 Å². The molecule has 2 aromatic carbocycles. The molecule has 0 bridgehead atoms. The minimum Gasteiger partial charge on any atom is -0.343 e. The SMILES string of the molecule is CN1C(=O)SC(=O)C1c1cccc2c1ccn2Cc1ccccc1.CNC. The topological polar surface area (TPSA) is 54.3 Å². The number of fused-ring (bicyclic) bond motifs is 1. The van der Waals surface area contributed by atoms with Gasteiger partial charge in [-0.2, -0.15) is 0 Å². The van der Waals surface area contributed by atoms with Crippen LogP contribution < -0.4 is 5.32 Å². The van der Waals surface area contributed by atoms with Crippen molar-refractivity contribution in [2.75, 3.05) is 21.1 Å². The number of aromatic nitrogens is 1. The Hall–Kier alpha value is -2.57. The maximum Gasteiger partial charge on any atom is 0.289 e. The molecule has 0 saturated carbocycles. The van der Waals surface area contributed by atoms with Gasteiger partial charge in [0.1, 0.15) is 6.04 Å². The number of carbonyl (C=O) groups excluding carboxylic acids is 2. The number of likely N-dealkylation sites (N-methyl/N-ethyl adjacent to an activating group) is 1. The molecular formula is C21H23N3O2S. The predicted molar refractivity (Wildman–Crippen MR) is 111 cm³/mol. The van der Waals surface area contributed by atoms with Gasteiger partial charge in [-0.15, -0.1) is 0 Å². The zero-order valence-corrected chi connectivity index (χ0v) is 16.5. The highest BCUT2D eigenvalue weighted by molar-refractivity contribution is 8.26. The van der Waals surface area contributed by atoms with E-state index in [0.29, 0.717) is 0 Å². The number of benzene rings is 2. The van der Waals surface area contributed by atoms with Crippen LogP contribution in [-0.2, 0) is 11.3 Å². The van der Waals surface area contributed by atoms with Crippen molar-refractivity contribution in [2.45, 2.75) is 12.6 Å². The first-order valence-electron chi connectivity index (χ1n) is 8.75. The van der Waals surface area contributed by atoms with E-state index in [2.05, 4.69) is 28.1 Å². The van der Waals surface area contributed by atoms with Crippen LogP contribution >= 0.6 is 11.8 Å². The van der Waals surface area contributed by atoms with Gasteiger partial charge in [0.15, 0.2) is 0 Å². The maximum absolute atomic E-state index is 12.2. The molecule has 6 heteroatoms. The van der Waals surface area contributed by atoms with Gasteiger partial charge in [-0.05, 0) is 37.4 Å². The first kappa shape index (κ1) is 19.2. The fourth-order valence-electron chi connectivity index (χ4n) is 3.22. The fraction of sp³-hybridized carbons (Fsp3) is 0.238. The monoisotopic (exact) mass is 381 g/mol. The molecule has 4 rings (SSSR count). The summed E-state index contributed by atoms with van der Waals surface area (Å²) in [6, 6.07) is 17.7. The summed E-state index contributed by atoms with van der Waals surface area (Å²) in [7, 11) is 5.44. The summed E-state index contributed by atoms with van der Waals surface area (Å²) < 4.78 is 2.17. The van der Waals surface area contributed by atoms with Crippen LogP contribution in [-0.4, -0.2) is 41.0 Å². The molecule has 1 unspecified atom stereocenters. The van der Waals surface area contributed by atoms with Crippen molar-refractivity contribution in [1.29, 1.82) is 0 Å². The van der Waals surface area contributed by atoms with Gasteiger partial charge >= 0.3 is 0 Å². The number of hydrogen-bond donors (Lipinski definition) is 1. The number of amides is 1. The molecule has 5 nitrogen and oxygen atoms in total. The van der Waals surface area contributed by atoms with Crippen LogP contribution in [0.4, 0.5) is 4.79 Å². The molecule has 1 atom stereocenters. The molecule has 140 valence electrons. The van der Waals surface area contributed by atoms with Crippen molar-refractivity contribution in [1.82, 2.24) is 14.8 Å². The highest BCUT2D eigenvalue weighted by atomic mass is 32.2. The minimum absolute atomic E-state index is 0.106. The van der Waals surface area contributed by atoms with Crippen LogP contribution in [0.15, 0.2) is 60.8 Å². The molecule has 2 heterocycles. The summed E-state index contributed by atoms with van der Waals surface area (Å²) in [4.78, 5) is 25.6. The molecule has 1 aliphatic heterocycles. The van der Waals surface area contributed by atoms with E-state index >= 15 is 0 Å². The van der Waals surface area contributed by atoms with Crippen molar-refractivity contribution in [3.05, 3.63) is 71.9 Å². The summed E-state index contributed by atoms with van der Waals surface area (Å²) in [5, 5.41) is 3.48. The third kappa shape index (κ3) is 3.91. The van der Waals surface area contributed by atoms with Crippen LogP contribution in [0.1, 0.15) is 17.2 Å². The fourth-order valence-corrected chi connectivity index (χ4v) is 4.03. The Balaban J connectivity index is 0.000000659. The highest BCUT2D eigenvalue weighted by Crippen LogP contribution is 2.38. The lowest BCUT2D eigenvalue weighted by Crippen LogP contribution is -2.23.